The molecule has 2 heterocycles. The molecule has 5 nitrogen and oxygen atoms in total. The Bertz CT molecular complexity index is 1290. The Balaban J connectivity index is 1.51. The van der Waals surface area contributed by atoms with Gasteiger partial charge < -0.3 is 9.52 Å². The standard InChI is InChI=1S/C22H17F3N2O3S2/c1-11-7-15(8-16-20(11)30-18(27-16)9-19(28)29)31-10-17-12(2)26-21(32-17)13-3-5-14(6-4-13)22(23,24)25/h3-8H,9-10H2,1-2H3,(H,28,29). The van der Waals surface area contributed by atoms with E-state index in [2.05, 4.69) is 9.97 Å². The lowest BCUT2D eigenvalue weighted by atomic mass is 10.1. The maximum atomic E-state index is 12.8. The molecule has 0 unspecified atom stereocenters. The largest absolute Gasteiger partial charge is 0.481 e. The van der Waals surface area contributed by atoms with Crippen LogP contribution < -0.4 is 0 Å². The van der Waals surface area contributed by atoms with Gasteiger partial charge in [0.05, 0.1) is 11.3 Å². The number of carboxylic acid groups (broad SMARTS) is 1. The van der Waals surface area contributed by atoms with E-state index in [-0.39, 0.29) is 12.3 Å². The highest BCUT2D eigenvalue weighted by molar-refractivity contribution is 7.98. The Morgan fingerprint density at radius 2 is 1.88 bits per heavy atom. The third kappa shape index (κ3) is 4.81. The third-order valence-electron chi connectivity index (χ3n) is 4.72. The van der Waals surface area contributed by atoms with Gasteiger partial charge in [-0.25, -0.2) is 9.97 Å². The van der Waals surface area contributed by atoms with Gasteiger partial charge >= 0.3 is 12.1 Å². The van der Waals surface area contributed by atoms with Crippen LogP contribution in [0.5, 0.6) is 0 Å². The van der Waals surface area contributed by atoms with Crippen LogP contribution in [0, 0.1) is 13.8 Å². The van der Waals surface area contributed by atoms with Gasteiger partial charge in [0, 0.05) is 21.1 Å². The minimum atomic E-state index is -4.36. The Morgan fingerprint density at radius 3 is 2.53 bits per heavy atom. The number of nitrogens with zero attached hydrogens (tertiary/aromatic N) is 2. The first-order valence-electron chi connectivity index (χ1n) is 9.49. The quantitative estimate of drug-likeness (QED) is 0.319. The number of halogens is 3. The zero-order chi connectivity index (χ0) is 23.0. The van der Waals surface area contributed by atoms with Crippen LogP contribution in [0.25, 0.3) is 21.7 Å². The van der Waals surface area contributed by atoms with E-state index in [1.807, 2.05) is 26.0 Å². The van der Waals surface area contributed by atoms with Crippen molar-refractivity contribution >= 4 is 40.2 Å². The Morgan fingerprint density at radius 1 is 1.16 bits per heavy atom. The number of aromatic nitrogens is 2. The number of benzene rings is 2. The second-order valence-electron chi connectivity index (χ2n) is 7.16. The van der Waals surface area contributed by atoms with Crippen LogP contribution in [-0.2, 0) is 23.1 Å². The van der Waals surface area contributed by atoms with E-state index in [1.165, 1.54) is 23.5 Å². The van der Waals surface area contributed by atoms with Crippen molar-refractivity contribution in [1.82, 2.24) is 9.97 Å². The molecule has 0 atom stereocenters. The van der Waals surface area contributed by atoms with Crippen molar-refractivity contribution in [2.24, 2.45) is 0 Å². The van der Waals surface area contributed by atoms with E-state index in [4.69, 9.17) is 9.52 Å². The maximum Gasteiger partial charge on any atom is 0.416 e. The molecule has 4 rings (SSSR count). The van der Waals surface area contributed by atoms with Crippen LogP contribution >= 0.6 is 23.1 Å². The van der Waals surface area contributed by atoms with Crippen molar-refractivity contribution in [2.45, 2.75) is 37.1 Å². The van der Waals surface area contributed by atoms with Gasteiger partial charge in [0.2, 0.25) is 5.89 Å². The average molecular weight is 479 g/mol. The summed E-state index contributed by atoms with van der Waals surface area (Å²) in [5.74, 6) is -0.208. The Hall–Kier alpha value is -2.85. The average Bonchev–Trinajstić information content (AvgIpc) is 3.28. The summed E-state index contributed by atoms with van der Waals surface area (Å²) in [6.45, 7) is 3.76. The lowest BCUT2D eigenvalue weighted by molar-refractivity contribution is -0.138. The van der Waals surface area contributed by atoms with Gasteiger partial charge in [-0.2, -0.15) is 13.2 Å². The van der Waals surface area contributed by atoms with E-state index >= 15 is 0 Å². The molecular formula is C22H17F3N2O3S2. The smallest absolute Gasteiger partial charge is 0.416 e. The number of aliphatic carboxylic acids is 1. The summed E-state index contributed by atoms with van der Waals surface area (Å²) in [4.78, 5) is 21.7. The number of aryl methyl sites for hydroxylation is 2. The summed E-state index contributed by atoms with van der Waals surface area (Å²) in [6.07, 6.45) is -4.64. The Labute approximate surface area is 189 Å². The summed E-state index contributed by atoms with van der Waals surface area (Å²) in [6, 6.07) is 8.82. The second kappa shape index (κ2) is 8.59. The normalized spacial score (nSPS) is 11.9. The Kier molecular flexibility index (Phi) is 6.00. The monoisotopic (exact) mass is 478 g/mol. The van der Waals surface area contributed by atoms with Gasteiger partial charge in [0.15, 0.2) is 5.58 Å². The van der Waals surface area contributed by atoms with Gasteiger partial charge in [0.25, 0.3) is 0 Å². The number of carboxylic acids is 1. The van der Waals surface area contributed by atoms with Crippen LogP contribution in [0.3, 0.4) is 0 Å². The zero-order valence-electron chi connectivity index (χ0n) is 17.0. The van der Waals surface area contributed by atoms with Crippen molar-refractivity contribution in [3.8, 4) is 10.6 Å². The molecule has 0 bridgehead atoms. The maximum absolute atomic E-state index is 12.8. The second-order valence-corrected chi connectivity index (χ2v) is 9.29. The summed E-state index contributed by atoms with van der Waals surface area (Å²) in [5, 5.41) is 9.60. The summed E-state index contributed by atoms with van der Waals surface area (Å²) < 4.78 is 43.9. The summed E-state index contributed by atoms with van der Waals surface area (Å²) in [5.41, 5.74) is 2.84. The molecule has 32 heavy (non-hydrogen) atoms. The SMILES string of the molecule is Cc1nc(-c2ccc(C(F)(F)F)cc2)sc1CSc1cc(C)c2oc(CC(=O)O)nc2c1. The van der Waals surface area contributed by atoms with Gasteiger partial charge in [0.1, 0.15) is 16.9 Å². The van der Waals surface area contributed by atoms with Gasteiger partial charge in [-0.3, -0.25) is 4.79 Å². The van der Waals surface area contributed by atoms with E-state index in [0.717, 1.165) is 33.2 Å². The fraction of sp³-hybridized carbons (Fsp3) is 0.227. The molecule has 1 N–H and O–H groups in total. The molecule has 10 heteroatoms. The van der Waals surface area contributed by atoms with E-state index in [9.17, 15) is 18.0 Å². The number of hydrogen-bond donors (Lipinski definition) is 1. The van der Waals surface area contributed by atoms with E-state index < -0.39 is 17.7 Å². The van der Waals surface area contributed by atoms with E-state index in [0.29, 0.717) is 27.4 Å². The third-order valence-corrected chi connectivity index (χ3v) is 7.11. The first kappa shape index (κ1) is 22.3. The number of rotatable bonds is 6. The molecule has 0 aliphatic rings. The minimum absolute atomic E-state index is 0.164. The number of hydrogen-bond acceptors (Lipinski definition) is 6. The molecule has 0 saturated carbocycles. The van der Waals surface area contributed by atoms with Crippen LogP contribution in [-0.4, -0.2) is 21.0 Å². The molecule has 0 saturated heterocycles. The fourth-order valence-corrected chi connectivity index (χ4v) is 5.38. The first-order chi connectivity index (χ1) is 15.1. The van der Waals surface area contributed by atoms with Crippen LogP contribution in [0.2, 0.25) is 0 Å². The van der Waals surface area contributed by atoms with Crippen molar-refractivity contribution < 1.29 is 27.5 Å². The molecule has 0 aliphatic heterocycles. The topological polar surface area (TPSA) is 76.2 Å². The molecule has 0 aliphatic carbocycles. The van der Waals surface area contributed by atoms with Gasteiger partial charge in [-0.1, -0.05) is 12.1 Å². The molecule has 2 aromatic carbocycles. The minimum Gasteiger partial charge on any atom is -0.481 e. The summed E-state index contributed by atoms with van der Waals surface area (Å²) >= 11 is 3.03. The number of thioether (sulfide) groups is 1. The number of fused-ring (bicyclic) bond motifs is 1. The molecule has 0 fully saturated rings. The zero-order valence-corrected chi connectivity index (χ0v) is 18.6. The lowest BCUT2D eigenvalue weighted by Gasteiger charge is -2.06. The highest BCUT2D eigenvalue weighted by Gasteiger charge is 2.30. The highest BCUT2D eigenvalue weighted by Crippen LogP contribution is 2.36. The number of thiazole rings is 1. The number of carbonyl (C=O) groups is 1. The van der Waals surface area contributed by atoms with E-state index in [1.54, 1.807) is 11.8 Å². The fourth-order valence-electron chi connectivity index (χ4n) is 3.14. The molecule has 0 radical (unpaired) electrons. The van der Waals surface area contributed by atoms with Crippen molar-refractivity contribution in [3.05, 3.63) is 64.0 Å². The van der Waals surface area contributed by atoms with Crippen LogP contribution in [0.15, 0.2) is 45.7 Å². The number of oxazole rings is 1. The van der Waals surface area contributed by atoms with Gasteiger partial charge in [-0.15, -0.1) is 23.1 Å². The number of alkyl halides is 3. The van der Waals surface area contributed by atoms with Crippen LogP contribution in [0.1, 0.15) is 27.6 Å². The molecule has 0 spiro atoms. The first-order valence-corrected chi connectivity index (χ1v) is 11.3. The molecule has 166 valence electrons. The molecule has 4 aromatic rings. The predicted octanol–water partition coefficient (Wildman–Crippen LogP) is 6.51. The predicted molar refractivity (Wildman–Crippen MR) is 117 cm³/mol. The molecule has 0 amide bonds. The van der Waals surface area contributed by atoms with Crippen molar-refractivity contribution in [2.75, 3.05) is 0 Å². The van der Waals surface area contributed by atoms with Crippen LogP contribution in [0.4, 0.5) is 13.2 Å². The van der Waals surface area contributed by atoms with Gasteiger partial charge in [-0.05, 0) is 43.7 Å². The highest BCUT2D eigenvalue weighted by atomic mass is 32.2. The molecule has 2 aromatic heterocycles. The molecular weight excluding hydrogens is 461 g/mol. The van der Waals surface area contributed by atoms with Crippen molar-refractivity contribution in [3.63, 3.8) is 0 Å². The van der Waals surface area contributed by atoms with Crippen molar-refractivity contribution in [1.29, 1.82) is 0 Å². The lowest BCUT2D eigenvalue weighted by Crippen LogP contribution is -2.03. The summed E-state index contributed by atoms with van der Waals surface area (Å²) in [7, 11) is 0.